The van der Waals surface area contributed by atoms with Crippen LogP contribution in [0.1, 0.15) is 12.8 Å². The molecule has 8 heteroatoms. The molecule has 1 fully saturated rings. The van der Waals surface area contributed by atoms with Gasteiger partial charge in [0.1, 0.15) is 5.69 Å². The Morgan fingerprint density at radius 3 is 2.47 bits per heavy atom. The Kier molecular flexibility index (Phi) is 3.25. The van der Waals surface area contributed by atoms with Crippen LogP contribution in [-0.4, -0.2) is 28.5 Å². The van der Waals surface area contributed by atoms with E-state index in [0.717, 1.165) is 16.8 Å². The normalized spacial score (nSPS) is 18.4. The lowest BCUT2D eigenvalue weighted by Gasteiger charge is -2.32. The van der Waals surface area contributed by atoms with Crippen molar-refractivity contribution in [1.82, 2.24) is 4.57 Å². The van der Waals surface area contributed by atoms with E-state index in [0.29, 0.717) is 0 Å². The highest BCUT2D eigenvalue weighted by atomic mass is 19.3. The summed E-state index contributed by atoms with van der Waals surface area (Å²) in [5, 5.41) is 10.8. The maximum Gasteiger partial charge on any atom is 0.287 e. The molecular weight excluding hydrogens is 260 g/mol. The molecule has 0 unspecified atom stereocenters. The Morgan fingerprint density at radius 1 is 1.37 bits per heavy atom. The molecule has 0 saturated carbocycles. The molecule has 1 saturated heterocycles. The Hall–Kier alpha value is -1.99. The maximum atomic E-state index is 13.1. The van der Waals surface area contributed by atoms with Crippen molar-refractivity contribution in [2.75, 3.05) is 18.0 Å². The third-order valence-electron chi connectivity index (χ3n) is 3.20. The fraction of sp³-hybridized carbons (Fsp3) is 0.545. The van der Waals surface area contributed by atoms with Crippen LogP contribution >= 0.6 is 0 Å². The summed E-state index contributed by atoms with van der Waals surface area (Å²) < 4.78 is 27.2. The van der Waals surface area contributed by atoms with Crippen molar-refractivity contribution in [3.63, 3.8) is 0 Å². The third-order valence-corrected chi connectivity index (χ3v) is 3.20. The molecule has 104 valence electrons. The van der Waals surface area contributed by atoms with Crippen molar-refractivity contribution in [3.05, 3.63) is 32.7 Å². The molecule has 0 bridgehead atoms. The number of hydrogen-bond acceptors (Lipinski definition) is 4. The molecule has 0 spiro atoms. The zero-order valence-corrected chi connectivity index (χ0v) is 10.3. The summed E-state index contributed by atoms with van der Waals surface area (Å²) in [5.74, 6) is -2.72. The van der Waals surface area contributed by atoms with Gasteiger partial charge in [-0.2, -0.15) is 0 Å². The van der Waals surface area contributed by atoms with Crippen LogP contribution in [-0.2, 0) is 7.05 Å². The number of aryl methyl sites for hydroxylation is 1. The van der Waals surface area contributed by atoms with E-state index in [1.165, 1.54) is 11.9 Å². The van der Waals surface area contributed by atoms with Gasteiger partial charge in [-0.15, -0.1) is 0 Å². The van der Waals surface area contributed by atoms with Gasteiger partial charge in [0.2, 0.25) is 0 Å². The fourth-order valence-corrected chi connectivity index (χ4v) is 2.08. The number of anilines is 1. The average Bonchev–Trinajstić information content (AvgIpc) is 2.32. The molecule has 0 radical (unpaired) electrons. The molecule has 6 nitrogen and oxygen atoms in total. The van der Waals surface area contributed by atoms with E-state index >= 15 is 0 Å². The van der Waals surface area contributed by atoms with Crippen LogP contribution in [0.2, 0.25) is 0 Å². The van der Waals surface area contributed by atoms with E-state index in [9.17, 15) is 23.7 Å². The predicted molar refractivity (Wildman–Crippen MR) is 64.7 cm³/mol. The second kappa shape index (κ2) is 4.60. The SMILES string of the molecule is Cn1cc([N+](=O)[O-])cc(N2CCC(F)(F)CC2)c1=O. The van der Waals surface area contributed by atoms with Gasteiger partial charge >= 0.3 is 0 Å². The lowest BCUT2D eigenvalue weighted by molar-refractivity contribution is -0.385. The van der Waals surface area contributed by atoms with Crippen molar-refractivity contribution < 1.29 is 13.7 Å². The molecule has 0 N–H and O–H groups in total. The Balaban J connectivity index is 2.35. The van der Waals surface area contributed by atoms with Crippen molar-refractivity contribution in [2.45, 2.75) is 18.8 Å². The van der Waals surface area contributed by atoms with Gasteiger partial charge in [-0.05, 0) is 0 Å². The van der Waals surface area contributed by atoms with Crippen LogP contribution in [0.25, 0.3) is 0 Å². The minimum Gasteiger partial charge on any atom is -0.366 e. The monoisotopic (exact) mass is 273 g/mol. The van der Waals surface area contributed by atoms with Gasteiger partial charge in [0.15, 0.2) is 0 Å². The number of piperidine rings is 1. The number of halogens is 2. The molecule has 1 aromatic rings. The van der Waals surface area contributed by atoms with Gasteiger partial charge in [0.25, 0.3) is 17.2 Å². The van der Waals surface area contributed by atoms with Crippen molar-refractivity contribution in [1.29, 1.82) is 0 Å². The van der Waals surface area contributed by atoms with Gasteiger partial charge < -0.3 is 9.47 Å². The zero-order valence-electron chi connectivity index (χ0n) is 10.3. The topological polar surface area (TPSA) is 68.4 Å². The largest absolute Gasteiger partial charge is 0.366 e. The third kappa shape index (κ3) is 2.72. The minimum atomic E-state index is -2.72. The van der Waals surface area contributed by atoms with E-state index in [1.54, 1.807) is 0 Å². The zero-order chi connectivity index (χ0) is 14.2. The maximum absolute atomic E-state index is 13.1. The first-order valence-corrected chi connectivity index (χ1v) is 5.78. The van der Waals surface area contributed by atoms with Gasteiger partial charge in [0, 0.05) is 39.0 Å². The summed E-state index contributed by atoms with van der Waals surface area (Å²) in [4.78, 5) is 23.5. The lowest BCUT2D eigenvalue weighted by atomic mass is 10.1. The molecule has 19 heavy (non-hydrogen) atoms. The fourth-order valence-electron chi connectivity index (χ4n) is 2.08. The molecule has 1 aliphatic rings. The number of hydrogen-bond donors (Lipinski definition) is 0. The van der Waals surface area contributed by atoms with E-state index in [1.807, 2.05) is 0 Å². The molecule has 0 aliphatic carbocycles. The van der Waals surface area contributed by atoms with Crippen LogP contribution < -0.4 is 10.5 Å². The predicted octanol–water partition coefficient (Wildman–Crippen LogP) is 1.53. The molecule has 0 atom stereocenters. The van der Waals surface area contributed by atoms with Gasteiger partial charge in [-0.25, -0.2) is 8.78 Å². The number of nitrogens with zero attached hydrogens (tertiary/aromatic N) is 3. The first-order chi connectivity index (χ1) is 8.80. The van der Waals surface area contributed by atoms with Gasteiger partial charge in [-0.1, -0.05) is 0 Å². The first kappa shape index (κ1) is 13.4. The van der Waals surface area contributed by atoms with E-state index in [-0.39, 0.29) is 37.3 Å². The number of alkyl halides is 2. The Labute approximate surface area is 107 Å². The summed E-state index contributed by atoms with van der Waals surface area (Å²) in [5.41, 5.74) is -0.544. The summed E-state index contributed by atoms with van der Waals surface area (Å²) in [6, 6.07) is 1.14. The second-order valence-corrected chi connectivity index (χ2v) is 4.60. The van der Waals surface area contributed by atoms with Crippen molar-refractivity contribution in [2.24, 2.45) is 7.05 Å². The van der Waals surface area contributed by atoms with Crippen LogP contribution in [0.5, 0.6) is 0 Å². The molecule has 0 aromatic carbocycles. The lowest BCUT2D eigenvalue weighted by Crippen LogP contribution is -2.42. The standard InChI is InChI=1S/C11H13F2N3O3/c1-14-7-8(16(18)19)6-9(10(14)17)15-4-2-11(12,13)3-5-15/h6-7H,2-5H2,1H3. The average molecular weight is 273 g/mol. The van der Waals surface area contributed by atoms with Crippen LogP contribution in [0.4, 0.5) is 20.2 Å². The smallest absolute Gasteiger partial charge is 0.287 e. The first-order valence-electron chi connectivity index (χ1n) is 5.78. The highest BCUT2D eigenvalue weighted by molar-refractivity contribution is 5.51. The number of nitro groups is 1. The molecule has 1 aromatic heterocycles. The highest BCUT2D eigenvalue weighted by Crippen LogP contribution is 2.30. The number of aromatic nitrogens is 1. The second-order valence-electron chi connectivity index (χ2n) is 4.60. The van der Waals surface area contributed by atoms with Gasteiger partial charge in [0.05, 0.1) is 11.1 Å². The van der Waals surface area contributed by atoms with E-state index in [2.05, 4.69) is 0 Å². The molecule has 2 heterocycles. The molecule has 0 amide bonds. The Morgan fingerprint density at radius 2 is 1.95 bits per heavy atom. The molecule has 2 rings (SSSR count). The number of pyridine rings is 1. The van der Waals surface area contributed by atoms with Crippen molar-refractivity contribution in [3.8, 4) is 0 Å². The summed E-state index contributed by atoms with van der Waals surface area (Å²) in [6.07, 6.45) is 0.419. The number of rotatable bonds is 2. The van der Waals surface area contributed by atoms with Crippen LogP contribution in [0, 0.1) is 10.1 Å². The molecular formula is C11H13F2N3O3. The highest BCUT2D eigenvalue weighted by Gasteiger charge is 2.35. The van der Waals surface area contributed by atoms with Gasteiger partial charge in [-0.3, -0.25) is 14.9 Å². The minimum absolute atomic E-state index is 0.0173. The van der Waals surface area contributed by atoms with Crippen LogP contribution in [0.15, 0.2) is 17.1 Å². The van der Waals surface area contributed by atoms with Crippen molar-refractivity contribution >= 4 is 11.4 Å². The van der Waals surface area contributed by atoms with Crippen LogP contribution in [0.3, 0.4) is 0 Å². The molecule has 1 aliphatic heterocycles. The summed E-state index contributed by atoms with van der Waals surface area (Å²) >= 11 is 0. The Bertz CT molecular complexity index is 561. The quantitative estimate of drug-likeness (QED) is 0.605. The van der Waals surface area contributed by atoms with E-state index in [4.69, 9.17) is 0 Å². The summed E-state index contributed by atoms with van der Waals surface area (Å²) in [7, 11) is 1.40. The van der Waals surface area contributed by atoms with E-state index < -0.39 is 16.4 Å². The summed E-state index contributed by atoms with van der Waals surface area (Å²) in [6.45, 7) is 0.0345.